The van der Waals surface area contributed by atoms with E-state index in [1.54, 1.807) is 6.33 Å². The minimum absolute atomic E-state index is 0.148. The number of rotatable bonds is 4. The number of aromatic nitrogens is 3. The number of nitrogens with zero attached hydrogens (tertiary/aromatic N) is 3. The minimum Gasteiger partial charge on any atom is -0.270 e. The van der Waals surface area contributed by atoms with E-state index in [9.17, 15) is 0 Å². The molecule has 0 amide bonds. The van der Waals surface area contributed by atoms with Gasteiger partial charge >= 0.3 is 0 Å². The van der Waals surface area contributed by atoms with Gasteiger partial charge in [0.15, 0.2) is 0 Å². The maximum Gasteiger partial charge on any atom is 0.150 e. The van der Waals surface area contributed by atoms with Crippen LogP contribution in [0, 0.1) is 13.8 Å². The van der Waals surface area contributed by atoms with Crippen LogP contribution >= 0.6 is 0 Å². The highest BCUT2D eigenvalue weighted by Gasteiger charge is 2.21. The van der Waals surface area contributed by atoms with E-state index in [2.05, 4.69) is 55.3 Å². The van der Waals surface area contributed by atoms with Crippen molar-refractivity contribution in [3.8, 4) is 0 Å². The van der Waals surface area contributed by atoms with Crippen molar-refractivity contribution in [2.24, 2.45) is 5.84 Å². The number of benzene rings is 1. The van der Waals surface area contributed by atoms with Gasteiger partial charge in [-0.3, -0.25) is 5.84 Å². The van der Waals surface area contributed by atoms with Crippen molar-refractivity contribution < 1.29 is 0 Å². The zero-order chi connectivity index (χ0) is 14.0. The summed E-state index contributed by atoms with van der Waals surface area (Å²) in [4.78, 5) is 4.37. The topological polar surface area (TPSA) is 68.8 Å². The molecule has 2 aromatic rings. The van der Waals surface area contributed by atoms with Crippen LogP contribution in [0.4, 0.5) is 0 Å². The molecule has 0 saturated carbocycles. The van der Waals surface area contributed by atoms with Crippen molar-refractivity contribution in [2.75, 3.05) is 0 Å². The van der Waals surface area contributed by atoms with Gasteiger partial charge in [0.05, 0.1) is 0 Å². The van der Waals surface area contributed by atoms with Gasteiger partial charge in [-0.2, -0.15) is 5.10 Å². The van der Waals surface area contributed by atoms with E-state index < -0.39 is 0 Å². The zero-order valence-corrected chi connectivity index (χ0v) is 11.9. The van der Waals surface area contributed by atoms with Gasteiger partial charge in [-0.05, 0) is 44.4 Å². The Morgan fingerprint density at radius 1 is 1.26 bits per heavy atom. The first-order valence-corrected chi connectivity index (χ1v) is 6.48. The van der Waals surface area contributed by atoms with Crippen LogP contribution in [0.3, 0.4) is 0 Å². The lowest BCUT2D eigenvalue weighted by atomic mass is 9.97. The molecule has 5 heteroatoms. The highest BCUT2D eigenvalue weighted by Crippen LogP contribution is 2.25. The van der Waals surface area contributed by atoms with Crippen LogP contribution in [0.5, 0.6) is 0 Å². The second kappa shape index (κ2) is 5.50. The molecule has 1 unspecified atom stereocenters. The third-order valence-corrected chi connectivity index (χ3v) is 3.47. The van der Waals surface area contributed by atoms with E-state index in [4.69, 9.17) is 5.84 Å². The van der Waals surface area contributed by atoms with Gasteiger partial charge in [-0.25, -0.2) is 15.1 Å². The van der Waals surface area contributed by atoms with E-state index in [-0.39, 0.29) is 12.1 Å². The fourth-order valence-electron chi connectivity index (χ4n) is 2.25. The predicted molar refractivity (Wildman–Crippen MR) is 75.5 cm³/mol. The van der Waals surface area contributed by atoms with Crippen LogP contribution < -0.4 is 11.3 Å². The van der Waals surface area contributed by atoms with Crippen LogP contribution in [0.25, 0.3) is 0 Å². The molecule has 0 fully saturated rings. The summed E-state index contributed by atoms with van der Waals surface area (Å²) < 4.78 is 1.90. The van der Waals surface area contributed by atoms with Crippen LogP contribution in [0.2, 0.25) is 0 Å². The Bertz CT molecular complexity index is 559. The Kier molecular flexibility index (Phi) is 3.97. The summed E-state index contributed by atoms with van der Waals surface area (Å²) in [6.07, 6.45) is 1.57. The molecule has 1 aromatic heterocycles. The minimum atomic E-state index is -0.148. The lowest BCUT2D eigenvalue weighted by Gasteiger charge is -2.21. The van der Waals surface area contributed by atoms with Crippen molar-refractivity contribution in [1.82, 2.24) is 20.2 Å². The van der Waals surface area contributed by atoms with Gasteiger partial charge in [0.1, 0.15) is 18.2 Å². The molecule has 102 valence electrons. The molecule has 19 heavy (non-hydrogen) atoms. The molecule has 3 N–H and O–H groups in total. The number of hydrogen-bond donors (Lipinski definition) is 2. The number of nitrogens with one attached hydrogen (secondary N) is 1. The van der Waals surface area contributed by atoms with Crippen LogP contribution in [0.15, 0.2) is 24.5 Å². The van der Waals surface area contributed by atoms with Crippen molar-refractivity contribution in [3.63, 3.8) is 0 Å². The summed E-state index contributed by atoms with van der Waals surface area (Å²) >= 11 is 0. The van der Waals surface area contributed by atoms with Gasteiger partial charge in [-0.1, -0.05) is 18.2 Å². The molecule has 1 atom stereocenters. The molecule has 0 saturated heterocycles. The third kappa shape index (κ3) is 2.52. The molecule has 2 rings (SSSR count). The van der Waals surface area contributed by atoms with E-state index in [1.165, 1.54) is 11.1 Å². The first-order valence-electron chi connectivity index (χ1n) is 6.48. The molecule has 0 aliphatic rings. The summed E-state index contributed by atoms with van der Waals surface area (Å²) in [6, 6.07) is 6.31. The quantitative estimate of drug-likeness (QED) is 0.651. The largest absolute Gasteiger partial charge is 0.270 e. The zero-order valence-electron chi connectivity index (χ0n) is 11.9. The number of aryl methyl sites for hydroxylation is 1. The Labute approximate surface area is 113 Å². The van der Waals surface area contributed by atoms with Crippen molar-refractivity contribution >= 4 is 0 Å². The van der Waals surface area contributed by atoms with E-state index in [1.807, 2.05) is 10.7 Å². The molecule has 1 heterocycles. The summed E-state index contributed by atoms with van der Waals surface area (Å²) in [5.41, 5.74) is 6.47. The van der Waals surface area contributed by atoms with E-state index in [0.717, 1.165) is 11.4 Å². The normalized spacial score (nSPS) is 12.9. The van der Waals surface area contributed by atoms with Crippen LogP contribution in [-0.4, -0.2) is 14.8 Å². The average Bonchev–Trinajstić information content (AvgIpc) is 2.85. The lowest BCUT2D eigenvalue weighted by Crippen LogP contribution is -2.32. The van der Waals surface area contributed by atoms with Crippen molar-refractivity contribution in [3.05, 3.63) is 47.0 Å². The fraction of sp³-hybridized carbons (Fsp3) is 0.429. The number of hydrogen-bond acceptors (Lipinski definition) is 4. The lowest BCUT2D eigenvalue weighted by molar-refractivity contribution is 0.468. The molecule has 0 radical (unpaired) electrons. The second-order valence-corrected chi connectivity index (χ2v) is 5.05. The fourth-order valence-corrected chi connectivity index (χ4v) is 2.25. The SMILES string of the molecule is Cc1cccc(C(NN)c2ncnn2C(C)C)c1C. The summed E-state index contributed by atoms with van der Waals surface area (Å²) in [7, 11) is 0. The molecular formula is C14H21N5. The van der Waals surface area contributed by atoms with Crippen molar-refractivity contribution in [1.29, 1.82) is 0 Å². The van der Waals surface area contributed by atoms with Gasteiger partial charge in [0.25, 0.3) is 0 Å². The predicted octanol–water partition coefficient (Wildman–Crippen LogP) is 2.03. The highest BCUT2D eigenvalue weighted by molar-refractivity contribution is 5.37. The number of hydrazine groups is 1. The molecule has 0 bridgehead atoms. The molecule has 0 spiro atoms. The molecule has 0 aliphatic heterocycles. The van der Waals surface area contributed by atoms with Crippen molar-refractivity contribution in [2.45, 2.75) is 39.8 Å². The average molecular weight is 259 g/mol. The first-order chi connectivity index (χ1) is 9.06. The van der Waals surface area contributed by atoms with Crippen LogP contribution in [-0.2, 0) is 0 Å². The summed E-state index contributed by atoms with van der Waals surface area (Å²) in [5, 5.41) is 4.27. The summed E-state index contributed by atoms with van der Waals surface area (Å²) in [5.74, 6) is 6.59. The third-order valence-electron chi connectivity index (χ3n) is 3.47. The maximum absolute atomic E-state index is 5.75. The Morgan fingerprint density at radius 3 is 2.63 bits per heavy atom. The Balaban J connectivity index is 2.50. The highest BCUT2D eigenvalue weighted by atomic mass is 15.4. The summed E-state index contributed by atoms with van der Waals surface area (Å²) in [6.45, 7) is 8.36. The molecule has 0 aliphatic carbocycles. The Hall–Kier alpha value is -1.72. The molecule has 5 nitrogen and oxygen atoms in total. The van der Waals surface area contributed by atoms with E-state index >= 15 is 0 Å². The van der Waals surface area contributed by atoms with Gasteiger partial charge in [-0.15, -0.1) is 0 Å². The second-order valence-electron chi connectivity index (χ2n) is 5.05. The van der Waals surface area contributed by atoms with Gasteiger partial charge in [0.2, 0.25) is 0 Å². The first kappa shape index (κ1) is 13.7. The maximum atomic E-state index is 5.75. The number of nitrogens with two attached hydrogens (primary N) is 1. The van der Waals surface area contributed by atoms with Gasteiger partial charge < -0.3 is 0 Å². The van der Waals surface area contributed by atoms with Crippen LogP contribution in [0.1, 0.15) is 48.4 Å². The van der Waals surface area contributed by atoms with E-state index in [0.29, 0.717) is 0 Å². The molecule has 1 aromatic carbocycles. The van der Waals surface area contributed by atoms with Gasteiger partial charge in [0, 0.05) is 6.04 Å². The smallest absolute Gasteiger partial charge is 0.150 e. The monoisotopic (exact) mass is 259 g/mol. The molecular weight excluding hydrogens is 238 g/mol. The standard InChI is InChI=1S/C14H21N5/c1-9(2)19-14(16-8-17-19)13(18-15)12-7-5-6-10(3)11(12)4/h5-9,13,18H,15H2,1-4H3. The Morgan fingerprint density at radius 2 is 2.00 bits per heavy atom.